The minimum atomic E-state index is -0.538. The van der Waals surface area contributed by atoms with Gasteiger partial charge in [-0.1, -0.05) is 13.8 Å². The maximum absolute atomic E-state index is 12.7. The van der Waals surface area contributed by atoms with Crippen LogP contribution in [0.4, 0.5) is 0 Å². The molecule has 4 nitrogen and oxygen atoms in total. The molecule has 0 aromatic rings. The van der Waals surface area contributed by atoms with Crippen molar-refractivity contribution in [2.45, 2.75) is 71.0 Å². The van der Waals surface area contributed by atoms with Gasteiger partial charge in [0.1, 0.15) is 11.6 Å². The number of hydrogen-bond donors (Lipinski definition) is 0. The summed E-state index contributed by atoms with van der Waals surface area (Å²) >= 11 is 0. The molecule has 4 heteroatoms. The molecule has 1 aliphatic heterocycles. The average molecular weight is 346 g/mol. The van der Waals surface area contributed by atoms with Crippen LogP contribution in [0.5, 0.6) is 0 Å². The van der Waals surface area contributed by atoms with Gasteiger partial charge in [-0.15, -0.1) is 0 Å². The highest BCUT2D eigenvalue weighted by Gasteiger charge is 2.68. The van der Waals surface area contributed by atoms with E-state index in [9.17, 15) is 9.59 Å². The third-order valence-corrected chi connectivity index (χ3v) is 8.99. The highest BCUT2D eigenvalue weighted by atomic mass is 16.7. The number of carbonyl (C=O) groups excluding carboxylic acids is 2. The summed E-state index contributed by atoms with van der Waals surface area (Å²) in [5, 5.41) is 0. The third kappa shape index (κ3) is 2.01. The fourth-order valence-electron chi connectivity index (χ4n) is 7.54. The summed E-state index contributed by atoms with van der Waals surface area (Å²) in [6.07, 6.45) is 7.07. The van der Waals surface area contributed by atoms with Crippen LogP contribution < -0.4 is 0 Å². The summed E-state index contributed by atoms with van der Waals surface area (Å²) < 4.78 is 12.6. The molecule has 4 saturated carbocycles. The Hall–Kier alpha value is -0.740. The highest BCUT2D eigenvalue weighted by molar-refractivity contribution is 5.87. The first-order valence-corrected chi connectivity index (χ1v) is 10.2. The summed E-state index contributed by atoms with van der Waals surface area (Å²) in [4.78, 5) is 24.9. The van der Waals surface area contributed by atoms with Gasteiger partial charge >= 0.3 is 0 Å². The van der Waals surface area contributed by atoms with Crippen molar-refractivity contribution in [3.8, 4) is 0 Å². The van der Waals surface area contributed by atoms with E-state index in [0.717, 1.165) is 44.9 Å². The molecule has 5 fully saturated rings. The molecule has 1 spiro atoms. The van der Waals surface area contributed by atoms with Gasteiger partial charge in [0.15, 0.2) is 5.79 Å². The van der Waals surface area contributed by atoms with Gasteiger partial charge in [-0.05, 0) is 48.9 Å². The molecular weight excluding hydrogens is 316 g/mol. The van der Waals surface area contributed by atoms with Crippen LogP contribution in [0.25, 0.3) is 0 Å². The monoisotopic (exact) mass is 346 g/mol. The third-order valence-electron chi connectivity index (χ3n) is 8.99. The first kappa shape index (κ1) is 16.4. The van der Waals surface area contributed by atoms with Gasteiger partial charge < -0.3 is 9.47 Å². The SMILES string of the molecule is C[C@]12CCC(=O)C[C@@H]1CC1(OCCO1)[C@@H]1[C@H]3CCC(=O)[C@@]3(C)CC[C@@H]12. The van der Waals surface area contributed by atoms with Gasteiger partial charge in [0.05, 0.1) is 13.2 Å². The zero-order valence-corrected chi connectivity index (χ0v) is 15.5. The van der Waals surface area contributed by atoms with Crippen molar-refractivity contribution in [2.75, 3.05) is 13.2 Å². The number of carbonyl (C=O) groups is 2. The Morgan fingerprint density at radius 3 is 2.48 bits per heavy atom. The van der Waals surface area contributed by atoms with Crippen LogP contribution >= 0.6 is 0 Å². The number of ketones is 2. The Bertz CT molecular complexity index is 621. The summed E-state index contributed by atoms with van der Waals surface area (Å²) in [5.41, 5.74) is 0.0171. The van der Waals surface area contributed by atoms with E-state index in [1.54, 1.807) is 0 Å². The number of hydrogen-bond acceptors (Lipinski definition) is 4. The molecule has 6 atom stereocenters. The van der Waals surface area contributed by atoms with Crippen LogP contribution in [-0.4, -0.2) is 30.6 Å². The average Bonchev–Trinajstić information content (AvgIpc) is 3.16. The van der Waals surface area contributed by atoms with Gasteiger partial charge in [0, 0.05) is 37.0 Å². The van der Waals surface area contributed by atoms with E-state index in [1.807, 2.05) is 0 Å². The Kier molecular flexibility index (Phi) is 3.39. The van der Waals surface area contributed by atoms with Gasteiger partial charge in [-0.3, -0.25) is 9.59 Å². The Morgan fingerprint density at radius 2 is 1.72 bits per heavy atom. The van der Waals surface area contributed by atoms with E-state index in [4.69, 9.17) is 9.47 Å². The molecule has 5 rings (SSSR count). The van der Waals surface area contributed by atoms with Gasteiger partial charge in [0.25, 0.3) is 0 Å². The number of rotatable bonds is 0. The zero-order valence-electron chi connectivity index (χ0n) is 15.5. The molecule has 0 unspecified atom stereocenters. The zero-order chi connectivity index (χ0) is 17.4. The normalized spacial score (nSPS) is 51.3. The molecule has 0 radical (unpaired) electrons. The van der Waals surface area contributed by atoms with Crippen molar-refractivity contribution in [3.63, 3.8) is 0 Å². The Labute approximate surface area is 150 Å². The van der Waals surface area contributed by atoms with Crippen molar-refractivity contribution >= 4 is 11.6 Å². The molecule has 4 aliphatic carbocycles. The van der Waals surface area contributed by atoms with Crippen molar-refractivity contribution in [3.05, 3.63) is 0 Å². The van der Waals surface area contributed by atoms with E-state index in [0.29, 0.717) is 54.9 Å². The molecule has 1 heterocycles. The minimum Gasteiger partial charge on any atom is -0.347 e. The van der Waals surface area contributed by atoms with Crippen LogP contribution in [0.1, 0.15) is 65.2 Å². The fraction of sp³-hybridized carbons (Fsp3) is 0.905. The standard InChI is InChI=1S/C21H30O4/c1-19-7-5-14(22)11-13(19)12-21(24-9-10-25-21)18-15-3-4-17(23)20(15,2)8-6-16(18)19/h13,15-16,18H,3-12H2,1-2H3/t13-,15-,16+,18-,19+,20+/m1/s1. The predicted molar refractivity (Wildman–Crippen MR) is 91.8 cm³/mol. The first-order valence-electron chi connectivity index (χ1n) is 10.2. The van der Waals surface area contributed by atoms with Crippen LogP contribution in [0, 0.1) is 34.5 Å². The summed E-state index contributed by atoms with van der Waals surface area (Å²) in [6, 6.07) is 0. The van der Waals surface area contributed by atoms with Crippen molar-refractivity contribution < 1.29 is 19.1 Å². The number of ether oxygens (including phenoxy) is 2. The van der Waals surface area contributed by atoms with Crippen molar-refractivity contribution in [1.29, 1.82) is 0 Å². The molecule has 0 aromatic carbocycles. The smallest absolute Gasteiger partial charge is 0.172 e. The topological polar surface area (TPSA) is 52.6 Å². The van der Waals surface area contributed by atoms with Gasteiger partial charge in [-0.2, -0.15) is 0 Å². The number of fused-ring (bicyclic) bond motifs is 6. The second kappa shape index (κ2) is 5.16. The van der Waals surface area contributed by atoms with Gasteiger partial charge in [0.2, 0.25) is 0 Å². The molecule has 25 heavy (non-hydrogen) atoms. The second-order valence-corrected chi connectivity index (χ2v) is 9.82. The highest BCUT2D eigenvalue weighted by Crippen LogP contribution is 2.68. The lowest BCUT2D eigenvalue weighted by atomic mass is 9.43. The summed E-state index contributed by atoms with van der Waals surface area (Å²) in [6.45, 7) is 5.92. The Balaban J connectivity index is 1.60. The molecule has 0 aromatic heterocycles. The maximum atomic E-state index is 12.7. The molecular formula is C21H30O4. The lowest BCUT2D eigenvalue weighted by Gasteiger charge is -2.63. The molecule has 5 aliphatic rings. The molecule has 0 bridgehead atoms. The van der Waals surface area contributed by atoms with Crippen LogP contribution in [0.2, 0.25) is 0 Å². The van der Waals surface area contributed by atoms with Crippen LogP contribution in [-0.2, 0) is 19.1 Å². The fourth-order valence-corrected chi connectivity index (χ4v) is 7.54. The van der Waals surface area contributed by atoms with E-state index in [2.05, 4.69) is 13.8 Å². The largest absolute Gasteiger partial charge is 0.347 e. The van der Waals surface area contributed by atoms with E-state index in [-0.39, 0.29) is 10.8 Å². The number of Topliss-reactive ketones (excluding diaryl/α,β-unsaturated/α-hetero) is 2. The molecule has 138 valence electrons. The summed E-state index contributed by atoms with van der Waals surface area (Å²) in [7, 11) is 0. The molecule has 0 amide bonds. The quantitative estimate of drug-likeness (QED) is 0.673. The summed E-state index contributed by atoms with van der Waals surface area (Å²) in [5.74, 6) is 1.91. The lowest BCUT2D eigenvalue weighted by Crippen LogP contribution is -2.63. The lowest BCUT2D eigenvalue weighted by molar-refractivity contribution is -0.292. The minimum absolute atomic E-state index is 0.183. The predicted octanol–water partition coefficient (Wildman–Crippen LogP) is 3.52. The van der Waals surface area contributed by atoms with Gasteiger partial charge in [-0.25, -0.2) is 0 Å². The molecule has 0 N–H and O–H groups in total. The molecule has 1 saturated heterocycles. The van der Waals surface area contributed by atoms with Crippen molar-refractivity contribution in [1.82, 2.24) is 0 Å². The van der Waals surface area contributed by atoms with E-state index in [1.165, 1.54) is 0 Å². The Morgan fingerprint density at radius 1 is 0.960 bits per heavy atom. The first-order chi connectivity index (χ1) is 11.9. The van der Waals surface area contributed by atoms with Crippen LogP contribution in [0.3, 0.4) is 0 Å². The van der Waals surface area contributed by atoms with E-state index < -0.39 is 5.79 Å². The maximum Gasteiger partial charge on any atom is 0.172 e. The van der Waals surface area contributed by atoms with Crippen molar-refractivity contribution in [2.24, 2.45) is 34.5 Å². The van der Waals surface area contributed by atoms with Crippen LogP contribution in [0.15, 0.2) is 0 Å². The second-order valence-electron chi connectivity index (χ2n) is 9.82. The van der Waals surface area contributed by atoms with E-state index >= 15 is 0 Å².